The van der Waals surface area contributed by atoms with Gasteiger partial charge in [-0.15, -0.1) is 11.6 Å². The van der Waals surface area contributed by atoms with Gasteiger partial charge in [0, 0.05) is 5.88 Å². The number of ether oxygens (including phenoxy) is 3. The van der Waals surface area contributed by atoms with Crippen LogP contribution in [-0.4, -0.2) is 20.8 Å². The van der Waals surface area contributed by atoms with E-state index in [0.717, 1.165) is 12.0 Å². The van der Waals surface area contributed by atoms with E-state index in [1.54, 1.807) is 14.2 Å². The van der Waals surface area contributed by atoms with E-state index in [-0.39, 0.29) is 0 Å². The fourth-order valence-electron chi connectivity index (χ4n) is 2.25. The van der Waals surface area contributed by atoms with E-state index >= 15 is 0 Å². The summed E-state index contributed by atoms with van der Waals surface area (Å²) < 4.78 is 16.8. The summed E-state index contributed by atoms with van der Waals surface area (Å²) in [5, 5.41) is 0. The quantitative estimate of drug-likeness (QED) is 0.566. The summed E-state index contributed by atoms with van der Waals surface area (Å²) in [6.07, 6.45) is 4.76. The van der Waals surface area contributed by atoms with Crippen molar-refractivity contribution in [2.45, 2.75) is 45.4 Å². The summed E-state index contributed by atoms with van der Waals surface area (Å²) in [5.41, 5.74) is 0.954. The second kappa shape index (κ2) is 9.78. The Morgan fingerprint density at radius 2 is 1.71 bits per heavy atom. The van der Waals surface area contributed by atoms with Crippen molar-refractivity contribution in [3.63, 3.8) is 0 Å². The summed E-state index contributed by atoms with van der Waals surface area (Å²) in [6.45, 7) is 5.10. The van der Waals surface area contributed by atoms with E-state index in [4.69, 9.17) is 25.8 Å². The molecular weight excluding hydrogens is 288 g/mol. The van der Waals surface area contributed by atoms with Gasteiger partial charge in [0.1, 0.15) is 0 Å². The van der Waals surface area contributed by atoms with Crippen LogP contribution in [0.1, 0.15) is 45.1 Å². The monoisotopic (exact) mass is 314 g/mol. The molecule has 0 amide bonds. The molecule has 4 heteroatoms. The second-order valence-corrected chi connectivity index (χ2v) is 5.46. The zero-order valence-corrected chi connectivity index (χ0v) is 14.3. The van der Waals surface area contributed by atoms with Crippen molar-refractivity contribution in [2.24, 2.45) is 5.92 Å². The van der Waals surface area contributed by atoms with Crippen LogP contribution in [0.5, 0.6) is 17.2 Å². The van der Waals surface area contributed by atoms with Crippen LogP contribution < -0.4 is 14.2 Å². The first-order valence-electron chi connectivity index (χ1n) is 7.63. The maximum absolute atomic E-state index is 6.01. The van der Waals surface area contributed by atoms with E-state index < -0.39 is 0 Å². The van der Waals surface area contributed by atoms with Crippen molar-refractivity contribution in [3.8, 4) is 17.2 Å². The van der Waals surface area contributed by atoms with E-state index in [0.29, 0.717) is 35.7 Å². The van der Waals surface area contributed by atoms with Crippen LogP contribution in [0, 0.1) is 5.92 Å². The van der Waals surface area contributed by atoms with Gasteiger partial charge in [-0.3, -0.25) is 0 Å². The Kier molecular flexibility index (Phi) is 8.36. The molecule has 0 spiro atoms. The first kappa shape index (κ1) is 18.0. The smallest absolute Gasteiger partial charge is 0.203 e. The highest BCUT2D eigenvalue weighted by molar-refractivity contribution is 6.17. The zero-order chi connectivity index (χ0) is 15.7. The summed E-state index contributed by atoms with van der Waals surface area (Å²) in [5.74, 6) is 3.00. The van der Waals surface area contributed by atoms with Gasteiger partial charge in [0.05, 0.1) is 20.8 Å². The van der Waals surface area contributed by atoms with Crippen LogP contribution >= 0.6 is 11.6 Å². The SMILES string of the molecule is CCCCC(CC)COc1c(OC)cc(CCl)cc1OC. The minimum Gasteiger partial charge on any atom is -0.493 e. The molecule has 120 valence electrons. The van der Waals surface area contributed by atoms with Crippen LogP contribution in [0.2, 0.25) is 0 Å². The molecule has 0 heterocycles. The molecule has 0 saturated carbocycles. The number of alkyl halides is 1. The highest BCUT2D eigenvalue weighted by atomic mass is 35.5. The number of unbranched alkanes of at least 4 members (excludes halogenated alkanes) is 1. The number of hydrogen-bond acceptors (Lipinski definition) is 3. The van der Waals surface area contributed by atoms with E-state index in [9.17, 15) is 0 Å². The predicted octanol–water partition coefficient (Wildman–Crippen LogP) is 5.04. The molecule has 21 heavy (non-hydrogen) atoms. The third-order valence-electron chi connectivity index (χ3n) is 3.68. The normalized spacial score (nSPS) is 12.0. The minimum absolute atomic E-state index is 0.418. The number of halogens is 1. The summed E-state index contributed by atoms with van der Waals surface area (Å²) in [6, 6.07) is 3.80. The van der Waals surface area contributed by atoms with Gasteiger partial charge in [-0.2, -0.15) is 0 Å². The van der Waals surface area contributed by atoms with Crippen molar-refractivity contribution in [1.29, 1.82) is 0 Å². The van der Waals surface area contributed by atoms with Crippen molar-refractivity contribution >= 4 is 11.6 Å². The summed E-state index contributed by atoms with van der Waals surface area (Å²) in [7, 11) is 3.27. The Bertz CT molecular complexity index is 395. The van der Waals surface area contributed by atoms with Crippen LogP contribution in [0.15, 0.2) is 12.1 Å². The first-order valence-corrected chi connectivity index (χ1v) is 8.17. The number of hydrogen-bond donors (Lipinski definition) is 0. The highest BCUT2D eigenvalue weighted by Crippen LogP contribution is 2.39. The molecule has 0 aromatic heterocycles. The molecule has 1 aromatic carbocycles. The van der Waals surface area contributed by atoms with Gasteiger partial charge in [0.2, 0.25) is 5.75 Å². The number of benzene rings is 1. The van der Waals surface area contributed by atoms with E-state index in [1.165, 1.54) is 19.3 Å². The van der Waals surface area contributed by atoms with E-state index in [1.807, 2.05) is 12.1 Å². The molecule has 1 atom stereocenters. The molecule has 0 N–H and O–H groups in total. The average Bonchev–Trinajstić information content (AvgIpc) is 2.54. The molecular formula is C17H27ClO3. The average molecular weight is 315 g/mol. The summed E-state index contributed by atoms with van der Waals surface area (Å²) in [4.78, 5) is 0. The molecule has 0 bridgehead atoms. The molecule has 1 unspecified atom stereocenters. The van der Waals surface area contributed by atoms with Gasteiger partial charge < -0.3 is 14.2 Å². The third-order valence-corrected chi connectivity index (χ3v) is 3.99. The minimum atomic E-state index is 0.418. The van der Waals surface area contributed by atoms with Crippen molar-refractivity contribution in [1.82, 2.24) is 0 Å². The van der Waals surface area contributed by atoms with Gasteiger partial charge in [-0.05, 0) is 30.0 Å². The summed E-state index contributed by atoms with van der Waals surface area (Å²) >= 11 is 5.89. The lowest BCUT2D eigenvalue weighted by Crippen LogP contribution is -2.12. The molecule has 0 aliphatic heterocycles. The second-order valence-electron chi connectivity index (χ2n) is 5.19. The lowest BCUT2D eigenvalue weighted by molar-refractivity contribution is 0.215. The van der Waals surface area contributed by atoms with Gasteiger partial charge >= 0.3 is 0 Å². The van der Waals surface area contributed by atoms with Crippen molar-refractivity contribution in [3.05, 3.63) is 17.7 Å². The Morgan fingerprint density at radius 1 is 1.10 bits per heavy atom. The maximum Gasteiger partial charge on any atom is 0.203 e. The highest BCUT2D eigenvalue weighted by Gasteiger charge is 2.16. The van der Waals surface area contributed by atoms with Gasteiger partial charge in [0.15, 0.2) is 11.5 Å². The topological polar surface area (TPSA) is 27.7 Å². The van der Waals surface area contributed by atoms with Gasteiger partial charge in [-0.25, -0.2) is 0 Å². The molecule has 1 rings (SSSR count). The Labute approximate surface area is 133 Å². The lowest BCUT2D eigenvalue weighted by Gasteiger charge is -2.19. The molecule has 0 fully saturated rings. The molecule has 1 aromatic rings. The van der Waals surface area contributed by atoms with Crippen LogP contribution in [0.3, 0.4) is 0 Å². The van der Waals surface area contributed by atoms with Crippen molar-refractivity contribution in [2.75, 3.05) is 20.8 Å². The fourth-order valence-corrected chi connectivity index (χ4v) is 2.41. The Morgan fingerprint density at radius 3 is 2.14 bits per heavy atom. The van der Waals surface area contributed by atoms with Crippen LogP contribution in [0.25, 0.3) is 0 Å². The van der Waals surface area contributed by atoms with Crippen molar-refractivity contribution < 1.29 is 14.2 Å². The largest absolute Gasteiger partial charge is 0.493 e. The molecule has 0 aliphatic carbocycles. The Hall–Kier alpha value is -1.09. The van der Waals surface area contributed by atoms with Gasteiger partial charge in [0.25, 0.3) is 0 Å². The lowest BCUT2D eigenvalue weighted by atomic mass is 10.0. The number of rotatable bonds is 10. The molecule has 0 radical (unpaired) electrons. The maximum atomic E-state index is 6.01. The molecule has 0 aliphatic rings. The van der Waals surface area contributed by atoms with E-state index in [2.05, 4.69) is 13.8 Å². The molecule has 0 saturated heterocycles. The van der Waals surface area contributed by atoms with Crippen LogP contribution in [0.4, 0.5) is 0 Å². The third kappa shape index (κ3) is 5.31. The van der Waals surface area contributed by atoms with Crippen LogP contribution in [-0.2, 0) is 5.88 Å². The Balaban J connectivity index is 2.85. The standard InChI is InChI=1S/C17H27ClO3/c1-5-7-8-13(6-2)12-21-17-15(19-3)9-14(11-18)10-16(17)20-4/h9-10,13H,5-8,11-12H2,1-4H3. The van der Waals surface area contributed by atoms with Gasteiger partial charge in [-0.1, -0.05) is 33.1 Å². The predicted molar refractivity (Wildman–Crippen MR) is 87.9 cm³/mol. The fraction of sp³-hybridized carbons (Fsp3) is 0.647. The number of methoxy groups -OCH3 is 2. The first-order chi connectivity index (χ1) is 10.2. The zero-order valence-electron chi connectivity index (χ0n) is 13.6. The molecule has 3 nitrogen and oxygen atoms in total.